The molecule has 3 heteroatoms. The first-order valence-corrected chi connectivity index (χ1v) is 7.12. The van der Waals surface area contributed by atoms with Gasteiger partial charge in [0.1, 0.15) is 0 Å². The van der Waals surface area contributed by atoms with Gasteiger partial charge >= 0.3 is 0 Å². The summed E-state index contributed by atoms with van der Waals surface area (Å²) in [6, 6.07) is 4.71. The highest BCUT2D eigenvalue weighted by atomic mass is 15.1. The second kappa shape index (κ2) is 6.86. The summed E-state index contributed by atoms with van der Waals surface area (Å²) in [4.78, 5) is 6.90. The maximum atomic E-state index is 4.32. The molecule has 1 atom stereocenters. The summed E-state index contributed by atoms with van der Waals surface area (Å²) in [5.74, 6) is 0. The van der Waals surface area contributed by atoms with Crippen LogP contribution >= 0.6 is 0 Å². The van der Waals surface area contributed by atoms with Crippen molar-refractivity contribution in [2.75, 3.05) is 19.6 Å². The second-order valence-corrected chi connectivity index (χ2v) is 5.39. The maximum Gasteiger partial charge on any atom is 0.0417 e. The number of likely N-dealkylation sites (tertiary alicyclic amines) is 1. The third-order valence-electron chi connectivity index (χ3n) is 3.74. The van der Waals surface area contributed by atoms with Gasteiger partial charge in [0.05, 0.1) is 0 Å². The number of nitrogens with one attached hydrogen (secondary N) is 1. The van der Waals surface area contributed by atoms with Gasteiger partial charge in [-0.05, 0) is 51.4 Å². The fourth-order valence-electron chi connectivity index (χ4n) is 2.58. The number of hydrogen-bond donors (Lipinski definition) is 1. The van der Waals surface area contributed by atoms with E-state index in [4.69, 9.17) is 0 Å². The fourth-order valence-corrected chi connectivity index (χ4v) is 2.58. The number of nitrogens with zero attached hydrogens (tertiary/aromatic N) is 2. The molecule has 1 aromatic rings. The molecule has 1 fully saturated rings. The van der Waals surface area contributed by atoms with Crippen molar-refractivity contribution in [2.45, 2.75) is 45.7 Å². The molecule has 18 heavy (non-hydrogen) atoms. The Morgan fingerprint density at radius 3 is 2.83 bits per heavy atom. The Labute approximate surface area is 111 Å². The molecular formula is C15H25N3. The summed E-state index contributed by atoms with van der Waals surface area (Å²) >= 11 is 0. The molecule has 1 aliphatic heterocycles. The molecular weight excluding hydrogens is 222 g/mol. The minimum atomic E-state index is 0.544. The van der Waals surface area contributed by atoms with Crippen molar-refractivity contribution >= 4 is 0 Å². The molecule has 1 unspecified atom stereocenters. The predicted molar refractivity (Wildman–Crippen MR) is 75.6 cm³/mol. The molecule has 1 saturated heterocycles. The van der Waals surface area contributed by atoms with Crippen LogP contribution in [0.15, 0.2) is 18.3 Å². The number of hydrogen-bond acceptors (Lipinski definition) is 3. The first-order chi connectivity index (χ1) is 8.75. The number of rotatable bonds is 5. The summed E-state index contributed by atoms with van der Waals surface area (Å²) in [5, 5.41) is 3.61. The van der Waals surface area contributed by atoms with Crippen LogP contribution in [0.1, 0.15) is 37.4 Å². The van der Waals surface area contributed by atoms with Crippen LogP contribution in [-0.4, -0.2) is 35.6 Å². The first-order valence-electron chi connectivity index (χ1n) is 7.12. The first kappa shape index (κ1) is 13.5. The molecule has 0 bridgehead atoms. The van der Waals surface area contributed by atoms with Crippen LogP contribution in [0.2, 0.25) is 0 Å². The van der Waals surface area contributed by atoms with Crippen molar-refractivity contribution < 1.29 is 0 Å². The van der Waals surface area contributed by atoms with Gasteiger partial charge in [0, 0.05) is 31.0 Å². The number of aromatic nitrogens is 1. The quantitative estimate of drug-likeness (QED) is 0.865. The molecule has 2 heterocycles. The van der Waals surface area contributed by atoms with Crippen molar-refractivity contribution in [3.05, 3.63) is 29.6 Å². The van der Waals surface area contributed by atoms with E-state index in [0.717, 1.165) is 12.2 Å². The summed E-state index contributed by atoms with van der Waals surface area (Å²) < 4.78 is 0. The summed E-state index contributed by atoms with van der Waals surface area (Å²) in [6.45, 7) is 9.00. The van der Waals surface area contributed by atoms with Gasteiger partial charge in [0.2, 0.25) is 0 Å². The van der Waals surface area contributed by atoms with Crippen LogP contribution in [0, 0.1) is 6.92 Å². The number of aryl methyl sites for hydroxylation is 1. The Bertz CT molecular complexity index is 359. The molecule has 0 saturated carbocycles. The lowest BCUT2D eigenvalue weighted by Crippen LogP contribution is -2.41. The molecule has 100 valence electrons. The zero-order valence-corrected chi connectivity index (χ0v) is 11.7. The number of piperidine rings is 1. The Morgan fingerprint density at radius 1 is 1.33 bits per heavy atom. The van der Waals surface area contributed by atoms with Crippen molar-refractivity contribution in [1.82, 2.24) is 15.2 Å². The highest BCUT2D eigenvalue weighted by Crippen LogP contribution is 2.09. The lowest BCUT2D eigenvalue weighted by Gasteiger charge is -2.29. The van der Waals surface area contributed by atoms with Gasteiger partial charge in [-0.1, -0.05) is 12.5 Å². The van der Waals surface area contributed by atoms with E-state index in [0.29, 0.717) is 6.04 Å². The Hall–Kier alpha value is -0.930. The Morgan fingerprint density at radius 2 is 2.11 bits per heavy atom. The smallest absolute Gasteiger partial charge is 0.0417 e. The van der Waals surface area contributed by atoms with Crippen LogP contribution in [-0.2, 0) is 6.54 Å². The zero-order valence-electron chi connectivity index (χ0n) is 11.7. The summed E-state index contributed by atoms with van der Waals surface area (Å²) in [7, 11) is 0. The third-order valence-corrected chi connectivity index (χ3v) is 3.74. The predicted octanol–water partition coefficient (Wildman–Crippen LogP) is 2.35. The van der Waals surface area contributed by atoms with Crippen LogP contribution in [0.5, 0.6) is 0 Å². The molecule has 2 rings (SSSR count). The molecule has 0 radical (unpaired) electrons. The van der Waals surface area contributed by atoms with Crippen molar-refractivity contribution in [1.29, 1.82) is 0 Å². The van der Waals surface area contributed by atoms with E-state index in [-0.39, 0.29) is 0 Å². The summed E-state index contributed by atoms with van der Waals surface area (Å²) in [5.41, 5.74) is 2.44. The molecule has 1 aromatic heterocycles. The van der Waals surface area contributed by atoms with Crippen LogP contribution < -0.4 is 5.32 Å². The fraction of sp³-hybridized carbons (Fsp3) is 0.667. The monoisotopic (exact) mass is 247 g/mol. The van der Waals surface area contributed by atoms with E-state index < -0.39 is 0 Å². The average molecular weight is 247 g/mol. The van der Waals surface area contributed by atoms with Gasteiger partial charge in [-0.3, -0.25) is 4.98 Å². The molecule has 0 amide bonds. The highest BCUT2D eigenvalue weighted by molar-refractivity contribution is 5.17. The van der Waals surface area contributed by atoms with E-state index >= 15 is 0 Å². The van der Waals surface area contributed by atoms with E-state index in [1.54, 1.807) is 0 Å². The standard InChI is InChI=1S/C15H25N3/c1-13(12-18-9-4-3-5-10-18)17-11-15-7-6-8-16-14(15)2/h6-8,13,17H,3-5,9-12H2,1-2H3. The van der Waals surface area contributed by atoms with Crippen LogP contribution in [0.3, 0.4) is 0 Å². The topological polar surface area (TPSA) is 28.2 Å². The van der Waals surface area contributed by atoms with Gasteiger partial charge in [0.25, 0.3) is 0 Å². The zero-order chi connectivity index (χ0) is 12.8. The van der Waals surface area contributed by atoms with Gasteiger partial charge in [-0.2, -0.15) is 0 Å². The number of pyridine rings is 1. The van der Waals surface area contributed by atoms with Crippen molar-refractivity contribution in [3.8, 4) is 0 Å². The minimum absolute atomic E-state index is 0.544. The average Bonchev–Trinajstić information content (AvgIpc) is 2.39. The summed E-state index contributed by atoms with van der Waals surface area (Å²) in [6.07, 6.45) is 6.01. The molecule has 3 nitrogen and oxygen atoms in total. The molecule has 0 aliphatic carbocycles. The second-order valence-electron chi connectivity index (χ2n) is 5.39. The van der Waals surface area contributed by atoms with Crippen LogP contribution in [0.25, 0.3) is 0 Å². The molecule has 1 N–H and O–H groups in total. The van der Waals surface area contributed by atoms with Gasteiger partial charge in [0.15, 0.2) is 0 Å². The van der Waals surface area contributed by atoms with Crippen molar-refractivity contribution in [3.63, 3.8) is 0 Å². The molecule has 0 spiro atoms. The van der Waals surface area contributed by atoms with Gasteiger partial charge < -0.3 is 10.2 Å². The SMILES string of the molecule is Cc1ncccc1CNC(C)CN1CCCCC1. The highest BCUT2D eigenvalue weighted by Gasteiger charge is 2.13. The van der Waals surface area contributed by atoms with Crippen LogP contribution in [0.4, 0.5) is 0 Å². The Balaban J connectivity index is 1.74. The molecule has 1 aliphatic rings. The van der Waals surface area contributed by atoms with Gasteiger partial charge in [-0.25, -0.2) is 0 Å². The normalized spacial score (nSPS) is 18.8. The minimum Gasteiger partial charge on any atom is -0.309 e. The largest absolute Gasteiger partial charge is 0.309 e. The molecule has 0 aromatic carbocycles. The van der Waals surface area contributed by atoms with E-state index in [9.17, 15) is 0 Å². The van der Waals surface area contributed by atoms with E-state index in [1.807, 2.05) is 12.3 Å². The van der Waals surface area contributed by atoms with E-state index in [2.05, 4.69) is 35.1 Å². The lowest BCUT2D eigenvalue weighted by atomic mass is 10.1. The third kappa shape index (κ3) is 4.07. The maximum absolute atomic E-state index is 4.32. The Kier molecular flexibility index (Phi) is 5.14. The lowest BCUT2D eigenvalue weighted by molar-refractivity contribution is 0.209. The van der Waals surface area contributed by atoms with Gasteiger partial charge in [-0.15, -0.1) is 0 Å². The van der Waals surface area contributed by atoms with E-state index in [1.165, 1.54) is 44.5 Å². The van der Waals surface area contributed by atoms with Crippen molar-refractivity contribution in [2.24, 2.45) is 0 Å².